The predicted octanol–water partition coefficient (Wildman–Crippen LogP) is 10.6. The third kappa shape index (κ3) is 3.97. The minimum atomic E-state index is -0.0721. The molecule has 3 nitrogen and oxygen atoms in total. The molecule has 9 aromatic rings. The summed E-state index contributed by atoms with van der Waals surface area (Å²) in [5, 5.41) is 5.25. The lowest BCUT2D eigenvalue weighted by Crippen LogP contribution is -2.59. The number of hydrogen-bond acceptors (Lipinski definition) is 1. The number of para-hydroxylation sites is 2. The van der Waals surface area contributed by atoms with Gasteiger partial charge in [0.05, 0.1) is 22.2 Å². The van der Waals surface area contributed by atoms with Crippen LogP contribution in [0.3, 0.4) is 0 Å². The molecule has 0 spiro atoms. The third-order valence-electron chi connectivity index (χ3n) is 13.4. The number of nitrogens with zero attached hydrogens (tertiary/aromatic N) is 2. The SMILES string of the molecule is Cn1c2ccccc2c2c3c(cc(-n4c5ccccc5c5cc6c(cc54)-c4ccccc4C6(C)C)c21)Cc1cccc2c1B3c1cc(C(C)(C)C)ccc1O2. The predicted molar refractivity (Wildman–Crippen MR) is 231 cm³/mol. The van der Waals surface area contributed by atoms with Gasteiger partial charge in [-0.25, -0.2) is 0 Å². The zero-order valence-electron chi connectivity index (χ0n) is 32.2. The van der Waals surface area contributed by atoms with E-state index in [0.717, 1.165) is 17.9 Å². The minimum Gasteiger partial charge on any atom is -0.458 e. The van der Waals surface area contributed by atoms with Gasteiger partial charge in [0.15, 0.2) is 0 Å². The van der Waals surface area contributed by atoms with Gasteiger partial charge in [-0.05, 0) is 104 Å². The fraction of sp³-hybridized carbons (Fsp3) is 0.176. The van der Waals surface area contributed by atoms with Crippen LogP contribution in [-0.2, 0) is 24.3 Å². The molecule has 0 N–H and O–H groups in total. The highest BCUT2D eigenvalue weighted by Gasteiger charge is 2.42. The van der Waals surface area contributed by atoms with Crippen LogP contribution in [0.5, 0.6) is 11.5 Å². The zero-order valence-corrected chi connectivity index (χ0v) is 32.2. The van der Waals surface area contributed by atoms with Crippen LogP contribution in [0.4, 0.5) is 0 Å². The van der Waals surface area contributed by atoms with Crippen molar-refractivity contribution in [2.45, 2.75) is 51.9 Å². The topological polar surface area (TPSA) is 19.1 Å². The molecule has 0 atom stereocenters. The fourth-order valence-corrected chi connectivity index (χ4v) is 10.8. The molecule has 0 unspecified atom stereocenters. The van der Waals surface area contributed by atoms with Gasteiger partial charge in [0.25, 0.3) is 6.71 Å². The van der Waals surface area contributed by atoms with E-state index in [0.29, 0.717) is 0 Å². The van der Waals surface area contributed by atoms with Gasteiger partial charge in [0, 0.05) is 39.5 Å². The lowest BCUT2D eigenvalue weighted by Gasteiger charge is -2.35. The first-order chi connectivity index (χ1) is 26.6. The maximum Gasteiger partial charge on any atom is 0.252 e. The second kappa shape index (κ2) is 10.4. The molecule has 55 heavy (non-hydrogen) atoms. The third-order valence-corrected chi connectivity index (χ3v) is 13.4. The van der Waals surface area contributed by atoms with Crippen molar-refractivity contribution in [3.8, 4) is 28.3 Å². The fourth-order valence-electron chi connectivity index (χ4n) is 10.8. The summed E-state index contributed by atoms with van der Waals surface area (Å²) in [7, 11) is 2.27. The van der Waals surface area contributed by atoms with Crippen LogP contribution >= 0.6 is 0 Å². The Morgan fingerprint density at radius 3 is 2.22 bits per heavy atom. The van der Waals surface area contributed by atoms with E-state index >= 15 is 0 Å². The summed E-state index contributed by atoms with van der Waals surface area (Å²) >= 11 is 0. The van der Waals surface area contributed by atoms with Crippen molar-refractivity contribution >= 4 is 66.7 Å². The Labute approximate surface area is 321 Å². The van der Waals surface area contributed by atoms with E-state index in [2.05, 4.69) is 178 Å². The lowest BCUT2D eigenvalue weighted by molar-refractivity contribution is 0.485. The van der Waals surface area contributed by atoms with E-state index in [1.807, 2.05) is 0 Å². The molecule has 2 aromatic heterocycles. The molecule has 3 aliphatic rings. The standard InChI is InChI=1S/C51H41BN2O/c1-50(2,3)31-22-23-44-39(26-31)52-47-29(14-13-21-45(47)55-44)24-30-25-43(49-46(48(30)52)34-17-9-11-19-40(34)53(49)6)54-41-20-12-8-16-33(41)36-27-38-35(28-42(36)54)32-15-7-10-18-37(32)51(38,4)5/h7-23,25-28H,24H2,1-6H3. The summed E-state index contributed by atoms with van der Waals surface area (Å²) in [5.41, 5.74) is 19.8. The monoisotopic (exact) mass is 708 g/mol. The molecule has 4 heterocycles. The van der Waals surface area contributed by atoms with E-state index in [1.165, 1.54) is 105 Å². The van der Waals surface area contributed by atoms with Crippen LogP contribution in [0, 0.1) is 0 Å². The number of fused-ring (bicyclic) bond motifs is 14. The molecule has 0 saturated carbocycles. The molecular weight excluding hydrogens is 667 g/mol. The van der Waals surface area contributed by atoms with Crippen molar-refractivity contribution in [1.82, 2.24) is 9.13 Å². The Hall–Kier alpha value is -6.00. The summed E-state index contributed by atoms with van der Waals surface area (Å²) in [5.74, 6) is 1.95. The largest absolute Gasteiger partial charge is 0.458 e. The molecule has 0 saturated heterocycles. The van der Waals surface area contributed by atoms with Crippen molar-refractivity contribution in [3.05, 3.63) is 155 Å². The second-order valence-corrected chi connectivity index (χ2v) is 17.7. The Bertz CT molecular complexity index is 3190. The van der Waals surface area contributed by atoms with Crippen molar-refractivity contribution < 1.29 is 4.74 Å². The van der Waals surface area contributed by atoms with Gasteiger partial charge < -0.3 is 13.9 Å². The molecule has 0 fully saturated rings. The number of ether oxygens (including phenoxy) is 1. The van der Waals surface area contributed by atoms with E-state index in [-0.39, 0.29) is 17.5 Å². The normalized spacial score (nSPS) is 14.9. The number of aromatic nitrogens is 2. The molecule has 0 radical (unpaired) electrons. The number of rotatable bonds is 1. The number of hydrogen-bond donors (Lipinski definition) is 0. The summed E-state index contributed by atoms with van der Waals surface area (Å²) in [6.07, 6.45) is 0.854. The summed E-state index contributed by atoms with van der Waals surface area (Å²) in [6, 6.07) is 48.2. The van der Waals surface area contributed by atoms with Crippen molar-refractivity contribution in [3.63, 3.8) is 0 Å². The molecule has 1 aliphatic carbocycles. The molecule has 264 valence electrons. The number of aryl methyl sites for hydroxylation is 1. The minimum absolute atomic E-state index is 0.0113. The van der Waals surface area contributed by atoms with Gasteiger partial charge in [0.2, 0.25) is 0 Å². The molecule has 7 aromatic carbocycles. The maximum absolute atomic E-state index is 6.76. The van der Waals surface area contributed by atoms with Crippen LogP contribution in [0.15, 0.2) is 127 Å². The summed E-state index contributed by atoms with van der Waals surface area (Å²) in [4.78, 5) is 0. The highest BCUT2D eigenvalue weighted by atomic mass is 16.5. The average Bonchev–Trinajstić information content (AvgIpc) is 3.75. The molecule has 2 aliphatic heterocycles. The van der Waals surface area contributed by atoms with Crippen LogP contribution in [0.1, 0.15) is 62.4 Å². The van der Waals surface area contributed by atoms with Gasteiger partial charge >= 0.3 is 0 Å². The van der Waals surface area contributed by atoms with Gasteiger partial charge in [-0.2, -0.15) is 0 Å². The van der Waals surface area contributed by atoms with Crippen molar-refractivity contribution in [2.75, 3.05) is 0 Å². The number of benzene rings is 7. The lowest BCUT2D eigenvalue weighted by atomic mass is 9.32. The smallest absolute Gasteiger partial charge is 0.252 e. The highest BCUT2D eigenvalue weighted by molar-refractivity contribution is 6.99. The summed E-state index contributed by atoms with van der Waals surface area (Å²) in [6.45, 7) is 11.7. The Kier molecular flexibility index (Phi) is 5.93. The molecule has 12 rings (SSSR count). The Morgan fingerprint density at radius 1 is 0.618 bits per heavy atom. The Morgan fingerprint density at radius 2 is 1.38 bits per heavy atom. The molecule has 4 heteroatoms. The van der Waals surface area contributed by atoms with Crippen molar-refractivity contribution in [2.24, 2.45) is 7.05 Å². The molecule has 0 bridgehead atoms. The Balaban J connectivity index is 1.23. The second-order valence-electron chi connectivity index (χ2n) is 17.7. The van der Waals surface area contributed by atoms with Crippen LogP contribution in [-0.4, -0.2) is 15.8 Å². The van der Waals surface area contributed by atoms with Crippen LogP contribution in [0.2, 0.25) is 0 Å². The maximum atomic E-state index is 6.76. The van der Waals surface area contributed by atoms with Crippen LogP contribution < -0.4 is 21.1 Å². The first-order valence-corrected chi connectivity index (χ1v) is 19.7. The first kappa shape index (κ1) is 31.4. The quantitative estimate of drug-likeness (QED) is 0.155. The van der Waals surface area contributed by atoms with Gasteiger partial charge in [0.1, 0.15) is 11.5 Å². The van der Waals surface area contributed by atoms with Gasteiger partial charge in [-0.3, -0.25) is 0 Å². The van der Waals surface area contributed by atoms with E-state index in [1.54, 1.807) is 0 Å². The average molecular weight is 709 g/mol. The molecular formula is C51H41BN2O. The van der Waals surface area contributed by atoms with Gasteiger partial charge in [-0.1, -0.05) is 125 Å². The first-order valence-electron chi connectivity index (χ1n) is 19.7. The van der Waals surface area contributed by atoms with Gasteiger partial charge in [-0.15, -0.1) is 0 Å². The molecule has 0 amide bonds. The van der Waals surface area contributed by atoms with E-state index in [4.69, 9.17) is 4.74 Å². The highest BCUT2D eigenvalue weighted by Crippen LogP contribution is 2.51. The summed E-state index contributed by atoms with van der Waals surface area (Å²) < 4.78 is 11.8. The van der Waals surface area contributed by atoms with Crippen LogP contribution in [0.25, 0.3) is 60.4 Å². The van der Waals surface area contributed by atoms with Crippen molar-refractivity contribution in [1.29, 1.82) is 0 Å². The van der Waals surface area contributed by atoms with E-state index < -0.39 is 0 Å². The van der Waals surface area contributed by atoms with E-state index in [9.17, 15) is 0 Å². The zero-order chi connectivity index (χ0) is 37.1.